The lowest BCUT2D eigenvalue weighted by atomic mass is 9.80. The summed E-state index contributed by atoms with van der Waals surface area (Å²) in [5, 5.41) is 7.26. The van der Waals surface area contributed by atoms with Gasteiger partial charge in [-0.15, -0.1) is 0 Å². The third-order valence-corrected chi connectivity index (χ3v) is 5.38. The Hall–Kier alpha value is -2.09. The Kier molecular flexibility index (Phi) is 6.04. The Bertz CT molecular complexity index is 815. The van der Waals surface area contributed by atoms with Crippen LogP contribution in [-0.2, 0) is 5.54 Å². The third kappa shape index (κ3) is 4.10. The number of methoxy groups -OCH3 is 1. The van der Waals surface area contributed by atoms with Gasteiger partial charge in [0.15, 0.2) is 17.3 Å². The molecule has 1 heterocycles. The van der Waals surface area contributed by atoms with Crippen LogP contribution in [0.25, 0.3) is 0 Å². The Morgan fingerprint density at radius 2 is 2.07 bits per heavy atom. The molecular formula is C19H24BrN3O4. The molecule has 146 valence electrons. The standard InChI is InChI=1S/C19H24BrN3O4/c1-4-26-16-14(20)10-13(11-15(16)25-3)17(24)22-19(8-6-5-7-9-19)18-21-12(2)27-23-18/h10-11H,4-9H2,1-3H3,(H,22,24). The largest absolute Gasteiger partial charge is 0.493 e. The van der Waals surface area contributed by atoms with E-state index in [1.807, 2.05) is 6.92 Å². The van der Waals surface area contributed by atoms with E-state index in [1.54, 1.807) is 26.2 Å². The molecule has 1 N–H and O–H groups in total. The van der Waals surface area contributed by atoms with Gasteiger partial charge in [0.25, 0.3) is 5.91 Å². The second kappa shape index (κ2) is 8.29. The number of carbonyl (C=O) groups excluding carboxylic acids is 1. The molecule has 2 aromatic rings. The van der Waals surface area contributed by atoms with Crippen LogP contribution in [0.15, 0.2) is 21.1 Å². The Balaban J connectivity index is 1.91. The predicted molar refractivity (Wildman–Crippen MR) is 103 cm³/mol. The van der Waals surface area contributed by atoms with E-state index < -0.39 is 5.54 Å². The van der Waals surface area contributed by atoms with E-state index in [1.165, 1.54) is 0 Å². The Labute approximate surface area is 166 Å². The zero-order chi connectivity index (χ0) is 19.4. The summed E-state index contributed by atoms with van der Waals surface area (Å²) in [6, 6.07) is 3.42. The fraction of sp³-hybridized carbons (Fsp3) is 0.526. The van der Waals surface area contributed by atoms with Gasteiger partial charge in [0.2, 0.25) is 5.89 Å². The zero-order valence-corrected chi connectivity index (χ0v) is 17.4. The fourth-order valence-corrected chi connectivity index (χ4v) is 4.03. The van der Waals surface area contributed by atoms with Gasteiger partial charge in [0, 0.05) is 12.5 Å². The highest BCUT2D eigenvalue weighted by atomic mass is 79.9. The van der Waals surface area contributed by atoms with Crippen molar-refractivity contribution in [3.63, 3.8) is 0 Å². The molecule has 1 aromatic heterocycles. The van der Waals surface area contributed by atoms with Crippen LogP contribution in [0, 0.1) is 6.92 Å². The van der Waals surface area contributed by atoms with Gasteiger partial charge >= 0.3 is 0 Å². The molecule has 0 bridgehead atoms. The molecule has 0 radical (unpaired) electrons. The average molecular weight is 438 g/mol. The van der Waals surface area contributed by atoms with Crippen LogP contribution in [0.1, 0.15) is 61.1 Å². The van der Waals surface area contributed by atoms with Crippen molar-refractivity contribution in [1.82, 2.24) is 15.5 Å². The van der Waals surface area contributed by atoms with Gasteiger partial charge < -0.3 is 19.3 Å². The van der Waals surface area contributed by atoms with E-state index in [0.29, 0.717) is 39.9 Å². The molecule has 0 aliphatic heterocycles. The van der Waals surface area contributed by atoms with E-state index in [4.69, 9.17) is 14.0 Å². The molecule has 7 nitrogen and oxygen atoms in total. The first-order valence-electron chi connectivity index (χ1n) is 9.12. The van der Waals surface area contributed by atoms with Gasteiger partial charge in [0.1, 0.15) is 5.54 Å². The molecule has 1 aromatic carbocycles. The minimum absolute atomic E-state index is 0.207. The summed E-state index contributed by atoms with van der Waals surface area (Å²) in [7, 11) is 1.55. The average Bonchev–Trinajstić information content (AvgIpc) is 3.11. The zero-order valence-electron chi connectivity index (χ0n) is 15.8. The number of amides is 1. The van der Waals surface area contributed by atoms with Crippen molar-refractivity contribution in [1.29, 1.82) is 0 Å². The number of hydrogen-bond acceptors (Lipinski definition) is 6. The van der Waals surface area contributed by atoms with Crippen LogP contribution in [0.2, 0.25) is 0 Å². The molecule has 8 heteroatoms. The number of aromatic nitrogens is 2. The molecular weight excluding hydrogens is 414 g/mol. The number of carbonyl (C=O) groups is 1. The first kappa shape index (κ1) is 19.7. The number of ether oxygens (including phenoxy) is 2. The summed E-state index contributed by atoms with van der Waals surface area (Å²) >= 11 is 3.47. The number of nitrogens with zero attached hydrogens (tertiary/aromatic N) is 2. The number of aryl methyl sites for hydroxylation is 1. The lowest BCUT2D eigenvalue weighted by molar-refractivity contribution is 0.0855. The molecule has 1 aliphatic carbocycles. The Morgan fingerprint density at radius 3 is 2.67 bits per heavy atom. The predicted octanol–water partition coefficient (Wildman–Crippen LogP) is 4.14. The molecule has 0 unspecified atom stereocenters. The summed E-state index contributed by atoms with van der Waals surface area (Å²) in [5.74, 6) is 1.92. The summed E-state index contributed by atoms with van der Waals surface area (Å²) in [6.45, 7) is 4.15. The maximum atomic E-state index is 13.1. The summed E-state index contributed by atoms with van der Waals surface area (Å²) in [4.78, 5) is 17.5. The molecule has 0 atom stereocenters. The van der Waals surface area contributed by atoms with Crippen molar-refractivity contribution in [2.45, 2.75) is 51.5 Å². The quantitative estimate of drug-likeness (QED) is 0.730. The number of hydrogen-bond donors (Lipinski definition) is 1. The highest BCUT2D eigenvalue weighted by Crippen LogP contribution is 2.38. The van der Waals surface area contributed by atoms with Crippen LogP contribution in [-0.4, -0.2) is 29.8 Å². The van der Waals surface area contributed by atoms with Crippen molar-refractivity contribution < 1.29 is 18.8 Å². The normalized spacial score (nSPS) is 16.0. The van der Waals surface area contributed by atoms with E-state index in [0.717, 1.165) is 32.1 Å². The lowest BCUT2D eigenvalue weighted by Gasteiger charge is -2.35. The van der Waals surface area contributed by atoms with E-state index in [-0.39, 0.29) is 5.91 Å². The first-order valence-corrected chi connectivity index (χ1v) is 9.92. The minimum Gasteiger partial charge on any atom is -0.493 e. The molecule has 3 rings (SSSR count). The van der Waals surface area contributed by atoms with E-state index in [9.17, 15) is 4.79 Å². The molecule has 1 aliphatic rings. The molecule has 1 saturated carbocycles. The minimum atomic E-state index is -0.606. The van der Waals surface area contributed by atoms with E-state index in [2.05, 4.69) is 31.4 Å². The summed E-state index contributed by atoms with van der Waals surface area (Å²) in [6.07, 6.45) is 4.71. The van der Waals surface area contributed by atoms with Crippen LogP contribution in [0.3, 0.4) is 0 Å². The molecule has 27 heavy (non-hydrogen) atoms. The van der Waals surface area contributed by atoms with Gasteiger partial charge in [-0.05, 0) is 47.8 Å². The molecule has 1 fully saturated rings. The van der Waals surface area contributed by atoms with Crippen molar-refractivity contribution in [2.24, 2.45) is 0 Å². The topological polar surface area (TPSA) is 86.5 Å². The van der Waals surface area contributed by atoms with Gasteiger partial charge in [-0.2, -0.15) is 4.98 Å². The van der Waals surface area contributed by atoms with Crippen LogP contribution in [0.4, 0.5) is 0 Å². The SMILES string of the molecule is CCOc1c(Br)cc(C(=O)NC2(c3noc(C)n3)CCCCC2)cc1OC. The highest BCUT2D eigenvalue weighted by Gasteiger charge is 2.40. The van der Waals surface area contributed by atoms with Gasteiger partial charge in [-0.25, -0.2) is 0 Å². The van der Waals surface area contributed by atoms with Crippen molar-refractivity contribution in [2.75, 3.05) is 13.7 Å². The second-order valence-corrected chi connectivity index (χ2v) is 7.51. The number of nitrogens with one attached hydrogen (secondary N) is 1. The first-order chi connectivity index (χ1) is 13.0. The number of halogens is 1. The van der Waals surface area contributed by atoms with Crippen molar-refractivity contribution in [3.05, 3.63) is 33.9 Å². The Morgan fingerprint density at radius 1 is 1.33 bits per heavy atom. The monoisotopic (exact) mass is 437 g/mol. The number of benzene rings is 1. The number of rotatable bonds is 6. The summed E-state index contributed by atoms with van der Waals surface area (Å²) in [5.41, 5.74) is -0.127. The van der Waals surface area contributed by atoms with Crippen LogP contribution >= 0.6 is 15.9 Å². The smallest absolute Gasteiger partial charge is 0.252 e. The van der Waals surface area contributed by atoms with Gasteiger partial charge in [-0.1, -0.05) is 24.4 Å². The van der Waals surface area contributed by atoms with Gasteiger partial charge in [-0.3, -0.25) is 4.79 Å². The molecule has 1 amide bonds. The fourth-order valence-electron chi connectivity index (χ4n) is 3.48. The molecule has 0 spiro atoms. The maximum Gasteiger partial charge on any atom is 0.252 e. The summed E-state index contributed by atoms with van der Waals surface area (Å²) < 4.78 is 16.8. The third-order valence-electron chi connectivity index (χ3n) is 4.80. The van der Waals surface area contributed by atoms with Gasteiger partial charge in [0.05, 0.1) is 18.2 Å². The van der Waals surface area contributed by atoms with Crippen LogP contribution < -0.4 is 14.8 Å². The van der Waals surface area contributed by atoms with Crippen LogP contribution in [0.5, 0.6) is 11.5 Å². The van der Waals surface area contributed by atoms with E-state index >= 15 is 0 Å². The van der Waals surface area contributed by atoms with Crippen molar-refractivity contribution >= 4 is 21.8 Å². The van der Waals surface area contributed by atoms with Crippen molar-refractivity contribution in [3.8, 4) is 11.5 Å². The highest BCUT2D eigenvalue weighted by molar-refractivity contribution is 9.10. The second-order valence-electron chi connectivity index (χ2n) is 6.66. The maximum absolute atomic E-state index is 13.1. The molecule has 0 saturated heterocycles. The lowest BCUT2D eigenvalue weighted by Crippen LogP contribution is -2.48.